The number of oxazole rings is 1. The molecule has 2 aliphatic rings. The average Bonchev–Trinajstić information content (AvgIpc) is 2.88. The molecule has 1 fully saturated rings. The molecule has 1 spiro atoms. The van der Waals surface area contributed by atoms with Crippen molar-refractivity contribution >= 4 is 46.3 Å². The Morgan fingerprint density at radius 2 is 2.12 bits per heavy atom. The lowest BCUT2D eigenvalue weighted by Gasteiger charge is -2.42. The van der Waals surface area contributed by atoms with Gasteiger partial charge in [0.15, 0.2) is 5.58 Å². The Morgan fingerprint density at radius 3 is 2.83 bits per heavy atom. The molecule has 24 heavy (non-hydrogen) atoms. The van der Waals surface area contributed by atoms with Gasteiger partial charge in [0.25, 0.3) is 0 Å². The molecule has 126 valence electrons. The van der Waals surface area contributed by atoms with E-state index in [1.807, 2.05) is 0 Å². The molecule has 1 aliphatic heterocycles. The first-order valence-corrected chi connectivity index (χ1v) is 8.37. The van der Waals surface area contributed by atoms with E-state index in [1.54, 1.807) is 6.07 Å². The van der Waals surface area contributed by atoms with Crippen molar-refractivity contribution in [2.45, 2.75) is 44.6 Å². The number of nitrogens with zero attached hydrogens (tertiary/aromatic N) is 1. The van der Waals surface area contributed by atoms with Crippen molar-refractivity contribution in [3.05, 3.63) is 16.7 Å². The third-order valence-electron chi connectivity index (χ3n) is 4.69. The van der Waals surface area contributed by atoms with Crippen LogP contribution >= 0.6 is 11.6 Å². The number of hydrogen-bond acceptors (Lipinski definition) is 4. The number of carbonyl (C=O) groups excluding carboxylic acids is 2. The first-order valence-electron chi connectivity index (χ1n) is 7.99. The summed E-state index contributed by atoms with van der Waals surface area (Å²) in [6.07, 6.45) is 4.80. The van der Waals surface area contributed by atoms with Gasteiger partial charge < -0.3 is 15.1 Å². The number of nitrogens with one attached hydrogen (secondary N) is 3. The van der Waals surface area contributed by atoms with Crippen LogP contribution in [0, 0.1) is 0 Å². The van der Waals surface area contributed by atoms with E-state index < -0.39 is 5.54 Å². The standard InChI is InChI=1S/C16H17ClN4O3/c1-8(22)18-15-19-10-7-9(17)12-11(13(10)24-15)16(21-14(23)20-12)5-3-2-4-6-16/h7H,2-6H2,1H3,(H,18,19,22)(H2,20,21,23). The Labute approximate surface area is 143 Å². The monoisotopic (exact) mass is 348 g/mol. The van der Waals surface area contributed by atoms with E-state index in [9.17, 15) is 9.59 Å². The highest BCUT2D eigenvalue weighted by Gasteiger charge is 2.44. The van der Waals surface area contributed by atoms with Gasteiger partial charge in [0.05, 0.1) is 16.2 Å². The zero-order valence-electron chi connectivity index (χ0n) is 13.2. The number of rotatable bonds is 1. The highest BCUT2D eigenvalue weighted by Crippen LogP contribution is 2.48. The van der Waals surface area contributed by atoms with Crippen LogP contribution in [0.3, 0.4) is 0 Å². The molecule has 8 heteroatoms. The summed E-state index contributed by atoms with van der Waals surface area (Å²) in [5.74, 6) is -0.264. The van der Waals surface area contributed by atoms with Crippen molar-refractivity contribution in [3.63, 3.8) is 0 Å². The highest BCUT2D eigenvalue weighted by atomic mass is 35.5. The molecule has 2 aromatic rings. The Kier molecular flexibility index (Phi) is 3.42. The fourth-order valence-corrected chi connectivity index (χ4v) is 4.02. The lowest BCUT2D eigenvalue weighted by molar-refractivity contribution is -0.114. The fraction of sp³-hybridized carbons (Fsp3) is 0.438. The topological polar surface area (TPSA) is 96.3 Å². The number of carbonyl (C=O) groups is 2. The summed E-state index contributed by atoms with van der Waals surface area (Å²) < 4.78 is 5.80. The number of urea groups is 1. The summed E-state index contributed by atoms with van der Waals surface area (Å²) in [7, 11) is 0. The Hall–Kier alpha value is -2.28. The Bertz CT molecular complexity index is 855. The van der Waals surface area contributed by atoms with Crippen LogP contribution in [0.15, 0.2) is 10.5 Å². The molecule has 1 saturated carbocycles. The average molecular weight is 349 g/mol. The van der Waals surface area contributed by atoms with Crippen molar-refractivity contribution in [1.82, 2.24) is 10.3 Å². The smallest absolute Gasteiger partial charge is 0.319 e. The van der Waals surface area contributed by atoms with Crippen molar-refractivity contribution in [2.75, 3.05) is 10.6 Å². The van der Waals surface area contributed by atoms with E-state index in [-0.39, 0.29) is 18.0 Å². The SMILES string of the molecule is CC(=O)Nc1nc2cc(Cl)c3c(c2o1)C1(CCCCC1)NC(=O)N3. The van der Waals surface area contributed by atoms with Gasteiger partial charge in [-0.3, -0.25) is 10.1 Å². The van der Waals surface area contributed by atoms with Crippen LogP contribution in [0.25, 0.3) is 11.1 Å². The van der Waals surface area contributed by atoms with Gasteiger partial charge in [-0.15, -0.1) is 0 Å². The largest absolute Gasteiger partial charge is 0.423 e. The minimum Gasteiger partial charge on any atom is -0.423 e. The maximum Gasteiger partial charge on any atom is 0.319 e. The second-order valence-corrected chi connectivity index (χ2v) is 6.79. The van der Waals surface area contributed by atoms with Crippen molar-refractivity contribution in [2.24, 2.45) is 0 Å². The van der Waals surface area contributed by atoms with E-state index in [0.29, 0.717) is 21.8 Å². The number of anilines is 2. The van der Waals surface area contributed by atoms with Crippen LogP contribution in [-0.2, 0) is 10.3 Å². The van der Waals surface area contributed by atoms with Crippen LogP contribution < -0.4 is 16.0 Å². The molecule has 3 amide bonds. The van der Waals surface area contributed by atoms with Gasteiger partial charge in [0.2, 0.25) is 5.91 Å². The van der Waals surface area contributed by atoms with Gasteiger partial charge in [0, 0.05) is 12.5 Å². The van der Waals surface area contributed by atoms with Crippen LogP contribution in [0.4, 0.5) is 16.5 Å². The molecule has 2 heterocycles. The number of benzene rings is 1. The molecule has 1 aromatic heterocycles. The maximum atomic E-state index is 12.2. The van der Waals surface area contributed by atoms with E-state index in [0.717, 1.165) is 37.7 Å². The Balaban J connectivity index is 1.96. The van der Waals surface area contributed by atoms with Crippen LogP contribution in [-0.4, -0.2) is 16.9 Å². The minimum atomic E-state index is -0.508. The van der Waals surface area contributed by atoms with Crippen molar-refractivity contribution in [3.8, 4) is 0 Å². The van der Waals surface area contributed by atoms with E-state index in [4.69, 9.17) is 16.0 Å². The summed E-state index contributed by atoms with van der Waals surface area (Å²) in [5.41, 5.74) is 2.00. The number of fused-ring (bicyclic) bond motifs is 4. The number of halogens is 1. The predicted octanol–water partition coefficient (Wildman–Crippen LogP) is 3.73. The third kappa shape index (κ3) is 2.31. The summed E-state index contributed by atoms with van der Waals surface area (Å²) in [4.78, 5) is 27.7. The minimum absolute atomic E-state index is 0.129. The van der Waals surface area contributed by atoms with Crippen molar-refractivity contribution < 1.29 is 14.0 Å². The van der Waals surface area contributed by atoms with E-state index in [1.165, 1.54) is 6.92 Å². The molecule has 7 nitrogen and oxygen atoms in total. The highest BCUT2D eigenvalue weighted by molar-refractivity contribution is 6.35. The zero-order valence-corrected chi connectivity index (χ0v) is 13.9. The predicted molar refractivity (Wildman–Crippen MR) is 90.2 cm³/mol. The van der Waals surface area contributed by atoms with E-state index in [2.05, 4.69) is 20.9 Å². The second kappa shape index (κ2) is 5.37. The molecule has 0 saturated heterocycles. The molecule has 3 N–H and O–H groups in total. The van der Waals surface area contributed by atoms with Gasteiger partial charge in [-0.1, -0.05) is 30.9 Å². The maximum absolute atomic E-state index is 12.2. The number of amides is 3. The molecule has 1 aliphatic carbocycles. The van der Waals surface area contributed by atoms with Crippen molar-refractivity contribution in [1.29, 1.82) is 0 Å². The molecule has 4 rings (SSSR count). The molecule has 0 unspecified atom stereocenters. The second-order valence-electron chi connectivity index (χ2n) is 6.38. The lowest BCUT2D eigenvalue weighted by Crippen LogP contribution is -2.52. The molecule has 0 bridgehead atoms. The first kappa shape index (κ1) is 15.3. The van der Waals surface area contributed by atoms with Crippen LogP contribution in [0.1, 0.15) is 44.6 Å². The number of aromatic nitrogens is 1. The molecule has 0 radical (unpaired) electrons. The van der Waals surface area contributed by atoms with Crippen LogP contribution in [0.2, 0.25) is 5.02 Å². The summed E-state index contributed by atoms with van der Waals surface area (Å²) >= 11 is 6.39. The quantitative estimate of drug-likeness (QED) is 0.731. The lowest BCUT2D eigenvalue weighted by atomic mass is 9.74. The third-order valence-corrected chi connectivity index (χ3v) is 4.99. The molecule has 0 atom stereocenters. The molecular weight excluding hydrogens is 332 g/mol. The van der Waals surface area contributed by atoms with Gasteiger partial charge in [-0.25, -0.2) is 4.79 Å². The summed E-state index contributed by atoms with van der Waals surface area (Å²) in [6.45, 7) is 1.39. The number of hydrogen-bond donors (Lipinski definition) is 3. The molecular formula is C16H17ClN4O3. The van der Waals surface area contributed by atoms with E-state index >= 15 is 0 Å². The molecule has 1 aromatic carbocycles. The Morgan fingerprint density at radius 1 is 1.38 bits per heavy atom. The van der Waals surface area contributed by atoms with Gasteiger partial charge >= 0.3 is 12.0 Å². The summed E-state index contributed by atoms with van der Waals surface area (Å²) in [6, 6.07) is 1.52. The van der Waals surface area contributed by atoms with Crippen LogP contribution in [0.5, 0.6) is 0 Å². The fourth-order valence-electron chi connectivity index (χ4n) is 3.77. The summed E-state index contributed by atoms with van der Waals surface area (Å²) in [5, 5.41) is 8.83. The van der Waals surface area contributed by atoms with Gasteiger partial charge in [0.1, 0.15) is 5.52 Å². The van der Waals surface area contributed by atoms with Gasteiger partial charge in [-0.2, -0.15) is 4.98 Å². The first-order chi connectivity index (χ1) is 11.5. The van der Waals surface area contributed by atoms with Gasteiger partial charge in [-0.05, 0) is 18.9 Å². The normalized spacial score (nSPS) is 18.8. The zero-order chi connectivity index (χ0) is 16.9.